The lowest BCUT2D eigenvalue weighted by Gasteiger charge is -2.30. The van der Waals surface area contributed by atoms with Crippen molar-refractivity contribution < 1.29 is 9.57 Å². The highest BCUT2D eigenvalue weighted by molar-refractivity contribution is 14.2. The largest absolute Gasteiger partial charge is 0.340 e. The molecule has 0 bridgehead atoms. The van der Waals surface area contributed by atoms with Crippen LogP contribution in [0.25, 0.3) is 0 Å². The molecular formula is C8H15IN2O2. The van der Waals surface area contributed by atoms with Crippen molar-refractivity contribution >= 4 is 31.1 Å². The number of hydrogen-bond donors (Lipinski definition) is 1. The average molecular weight is 298 g/mol. The second-order valence-electron chi connectivity index (χ2n) is 3.27. The van der Waals surface area contributed by atoms with Gasteiger partial charge in [-0.3, -0.25) is 5.73 Å². The van der Waals surface area contributed by atoms with Gasteiger partial charge in [0.15, 0.2) is 0 Å². The topological polar surface area (TPSA) is 56.8 Å². The van der Waals surface area contributed by atoms with Crippen LogP contribution in [0.1, 0.15) is 20.8 Å². The molecule has 76 valence electrons. The van der Waals surface area contributed by atoms with Crippen molar-refractivity contribution in [3.05, 3.63) is 6.58 Å². The molecule has 0 amide bonds. The van der Waals surface area contributed by atoms with E-state index in [-0.39, 0.29) is 5.60 Å². The third kappa shape index (κ3) is 5.93. The van der Waals surface area contributed by atoms with Gasteiger partial charge in [0.2, 0.25) is 0 Å². The van der Waals surface area contributed by atoms with E-state index in [1.807, 2.05) is 20.8 Å². The summed E-state index contributed by atoms with van der Waals surface area (Å²) in [6.45, 7) is 8.91. The highest BCUT2D eigenvalue weighted by Crippen LogP contribution is 2.26. The van der Waals surface area contributed by atoms with E-state index in [1.165, 1.54) is 0 Å². The molecule has 4 nitrogen and oxygen atoms in total. The molecule has 0 fully saturated rings. The van der Waals surface area contributed by atoms with Gasteiger partial charge in [-0.2, -0.15) is 0 Å². The summed E-state index contributed by atoms with van der Waals surface area (Å²) in [5, 5.41) is 3.38. The third-order valence-corrected chi connectivity index (χ3v) is 2.35. The van der Waals surface area contributed by atoms with Crippen molar-refractivity contribution in [1.29, 1.82) is 0 Å². The van der Waals surface area contributed by atoms with Crippen molar-refractivity contribution in [2.24, 2.45) is 10.9 Å². The molecule has 13 heavy (non-hydrogen) atoms. The van der Waals surface area contributed by atoms with E-state index in [0.717, 1.165) is 0 Å². The second kappa shape index (κ2) is 4.85. The van der Waals surface area contributed by atoms with Crippen molar-refractivity contribution in [3.63, 3.8) is 0 Å². The molecule has 1 atom stereocenters. The van der Waals surface area contributed by atoms with Gasteiger partial charge in [0.1, 0.15) is 0 Å². The second-order valence-corrected chi connectivity index (χ2v) is 5.54. The van der Waals surface area contributed by atoms with Crippen LogP contribution < -0.4 is 5.73 Å². The summed E-state index contributed by atoms with van der Waals surface area (Å²) in [5.74, 6) is 2.23. The minimum atomic E-state index is -1.19. The molecule has 0 aliphatic rings. The van der Waals surface area contributed by atoms with E-state index in [2.05, 4.69) is 22.1 Å². The molecular weight excluding hydrogens is 283 g/mol. The van der Waals surface area contributed by atoms with Crippen LogP contribution in [0.5, 0.6) is 0 Å². The highest BCUT2D eigenvalue weighted by atomic mass is 127. The molecule has 2 N–H and O–H groups in total. The first-order chi connectivity index (χ1) is 5.83. The molecule has 0 aromatic heterocycles. The van der Waals surface area contributed by atoms with Crippen LogP contribution >= 0.6 is 20.7 Å². The number of hydrogen-bond acceptors (Lipinski definition) is 4. The summed E-state index contributed by atoms with van der Waals surface area (Å²) in [6.07, 6.45) is 0. The Kier molecular flexibility index (Phi) is 4.77. The number of nitrogens with two attached hydrogens (primary N) is 1. The molecule has 0 aromatic carbocycles. The fraction of sp³-hybridized carbons (Fsp3) is 0.625. The van der Waals surface area contributed by atoms with Crippen LogP contribution in [0.2, 0.25) is 0 Å². The number of ether oxygens (including phenoxy) is 1. The predicted octanol–water partition coefficient (Wildman–Crippen LogP) is 1.56. The number of nitrogens with zero attached hydrogens (tertiary/aromatic N) is 1. The highest BCUT2D eigenvalue weighted by Gasteiger charge is 2.31. The fourth-order valence-corrected chi connectivity index (χ4v) is 1.64. The van der Waals surface area contributed by atoms with Gasteiger partial charge in [-0.15, -0.1) is 0 Å². The molecule has 5 heteroatoms. The minimum Gasteiger partial charge on any atom is -0.327 e. The third-order valence-electron chi connectivity index (χ3n) is 0.866. The Morgan fingerprint density at radius 2 is 2.00 bits per heavy atom. The van der Waals surface area contributed by atoms with E-state index in [0.29, 0.717) is 0 Å². The van der Waals surface area contributed by atoms with Crippen molar-refractivity contribution in [2.45, 2.75) is 30.3 Å². The summed E-state index contributed by atoms with van der Waals surface area (Å²) < 4.78 is 7.99. The lowest BCUT2D eigenvalue weighted by atomic mass is 10.2. The monoisotopic (exact) mass is 298 g/mol. The van der Waals surface area contributed by atoms with E-state index in [9.17, 15) is 0 Å². The number of halogens is 1. The van der Waals surface area contributed by atoms with Gasteiger partial charge in [0.05, 0.1) is 5.60 Å². The summed E-state index contributed by atoms with van der Waals surface area (Å²) in [6, 6.07) is 0. The first-order valence-electron chi connectivity index (χ1n) is 3.62. The van der Waals surface area contributed by atoms with Gasteiger partial charge in [-0.25, -0.2) is 0 Å². The maximum Gasteiger partial charge on any atom is 0.340 e. The van der Waals surface area contributed by atoms with Crippen molar-refractivity contribution in [2.75, 3.05) is 0 Å². The Labute approximate surface area is 88.5 Å². The maximum absolute atomic E-state index is 5.75. The van der Waals surface area contributed by atoms with E-state index < -0.39 is 24.6 Å². The fourth-order valence-electron chi connectivity index (χ4n) is 0.582. The molecule has 0 aromatic rings. The molecule has 0 saturated heterocycles. The van der Waals surface area contributed by atoms with Gasteiger partial charge in [0.25, 0.3) is 0 Å². The first-order valence-corrected chi connectivity index (χ1v) is 6.22. The Bertz CT molecular complexity index is 231. The molecule has 1 unspecified atom stereocenters. The number of alkyl halides is 1. The molecule has 0 aliphatic carbocycles. The van der Waals surface area contributed by atoms with Gasteiger partial charge in [0, 0.05) is 5.87 Å². The Balaban J connectivity index is 4.45. The van der Waals surface area contributed by atoms with Gasteiger partial charge in [-0.05, 0) is 53.2 Å². The smallest absolute Gasteiger partial charge is 0.327 e. The molecule has 0 radical (unpaired) electrons. The Morgan fingerprint density at radius 3 is 2.31 bits per heavy atom. The molecule has 0 spiro atoms. The van der Waals surface area contributed by atoms with Crippen LogP contribution in [-0.4, -0.2) is 19.9 Å². The van der Waals surface area contributed by atoms with Gasteiger partial charge < -0.3 is 9.57 Å². The first kappa shape index (κ1) is 12.8. The Hall–Kier alpha value is -0.230. The standard InChI is InChI=1S/C8H15IN2O2/c1-6-11-13-8(10,9-5)12-7(2,3)4/h1,5,10H2,2-4H3. The average Bonchev–Trinajstić information content (AvgIpc) is 1.98. The zero-order valence-corrected chi connectivity index (χ0v) is 10.3. The van der Waals surface area contributed by atoms with Crippen molar-refractivity contribution in [3.8, 4) is 0 Å². The predicted molar refractivity (Wildman–Crippen MR) is 63.0 cm³/mol. The number of rotatable bonds is 4. The van der Waals surface area contributed by atoms with E-state index in [4.69, 9.17) is 15.3 Å². The summed E-state index contributed by atoms with van der Waals surface area (Å²) in [4.78, 5) is 4.90. The van der Waals surface area contributed by atoms with Crippen LogP contribution in [0.3, 0.4) is 0 Å². The van der Waals surface area contributed by atoms with Crippen LogP contribution in [0.4, 0.5) is 0 Å². The normalized spacial score (nSPS) is 15.7. The zero-order valence-electron chi connectivity index (χ0n) is 8.13. The lowest BCUT2D eigenvalue weighted by Crippen LogP contribution is -2.44. The molecule has 0 heterocycles. The lowest BCUT2D eigenvalue weighted by molar-refractivity contribution is -0.204. The van der Waals surface area contributed by atoms with E-state index >= 15 is 0 Å². The molecule has 0 saturated carbocycles. The van der Waals surface area contributed by atoms with Crippen LogP contribution in [0.15, 0.2) is 11.7 Å². The van der Waals surface area contributed by atoms with Crippen LogP contribution in [0, 0.1) is 0 Å². The van der Waals surface area contributed by atoms with Crippen molar-refractivity contribution in [1.82, 2.24) is 0 Å². The van der Waals surface area contributed by atoms with Gasteiger partial charge in [-0.1, -0.05) is 4.51 Å². The zero-order chi connectivity index (χ0) is 10.5. The van der Waals surface area contributed by atoms with E-state index in [1.54, 1.807) is 0 Å². The minimum absolute atomic E-state index is 0.386. The summed E-state index contributed by atoms with van der Waals surface area (Å²) in [5.41, 5.74) is 5.36. The SMILES string of the molecule is C=C=NOC(N)(OC(C)(C)C)I=C. The quantitative estimate of drug-likeness (QED) is 0.214. The Morgan fingerprint density at radius 1 is 1.46 bits per heavy atom. The summed E-state index contributed by atoms with van der Waals surface area (Å²) >= 11 is -0.699. The van der Waals surface area contributed by atoms with Gasteiger partial charge >= 0.3 is 3.92 Å². The molecule has 0 rings (SSSR count). The molecule has 0 aliphatic heterocycles. The van der Waals surface area contributed by atoms with Crippen LogP contribution in [-0.2, 0) is 9.57 Å². The summed E-state index contributed by atoms with van der Waals surface area (Å²) in [7, 11) is 0. The maximum atomic E-state index is 5.75.